The molecular formula is C19H21ClN2OS. The summed E-state index contributed by atoms with van der Waals surface area (Å²) >= 11 is 8.05. The van der Waals surface area contributed by atoms with Crippen LogP contribution >= 0.6 is 23.4 Å². The number of para-hydroxylation sites is 1. The number of carbonyl (C=O) groups is 1. The zero-order chi connectivity index (χ0) is 16.9. The van der Waals surface area contributed by atoms with Crippen LogP contribution in [-0.4, -0.2) is 43.2 Å². The van der Waals surface area contributed by atoms with Crippen molar-refractivity contribution < 1.29 is 4.79 Å². The molecule has 5 heteroatoms. The molecule has 0 radical (unpaired) electrons. The van der Waals surface area contributed by atoms with Crippen LogP contribution in [0.3, 0.4) is 0 Å². The Hall–Kier alpha value is -1.65. The molecule has 1 heterocycles. The molecule has 1 saturated heterocycles. The molecule has 0 spiro atoms. The average molecular weight is 361 g/mol. The molecule has 1 aliphatic heterocycles. The third-order valence-corrected chi connectivity index (χ3v) is 5.21. The molecule has 24 heavy (non-hydrogen) atoms. The van der Waals surface area contributed by atoms with Crippen LogP contribution in [0, 0.1) is 0 Å². The van der Waals surface area contributed by atoms with Crippen molar-refractivity contribution in [2.24, 2.45) is 0 Å². The molecule has 2 aromatic carbocycles. The highest BCUT2D eigenvalue weighted by Crippen LogP contribution is 2.26. The molecule has 0 atom stereocenters. The van der Waals surface area contributed by atoms with Crippen LogP contribution < -0.4 is 4.90 Å². The van der Waals surface area contributed by atoms with Crippen molar-refractivity contribution in [3.05, 3.63) is 64.7 Å². The van der Waals surface area contributed by atoms with Crippen molar-refractivity contribution in [2.75, 3.05) is 37.3 Å². The zero-order valence-corrected chi connectivity index (χ0v) is 15.3. The summed E-state index contributed by atoms with van der Waals surface area (Å²) in [4.78, 5) is 16.8. The lowest BCUT2D eigenvalue weighted by Gasteiger charge is -2.36. The quantitative estimate of drug-likeness (QED) is 0.817. The molecule has 0 saturated carbocycles. The van der Waals surface area contributed by atoms with E-state index in [1.807, 2.05) is 53.4 Å². The van der Waals surface area contributed by atoms with Crippen LogP contribution in [0.5, 0.6) is 0 Å². The summed E-state index contributed by atoms with van der Waals surface area (Å²) in [5.74, 6) is 1.09. The van der Waals surface area contributed by atoms with Crippen molar-refractivity contribution in [3.63, 3.8) is 0 Å². The molecule has 3 rings (SSSR count). The Morgan fingerprint density at radius 1 is 1.04 bits per heavy atom. The Bertz CT molecular complexity index is 697. The van der Waals surface area contributed by atoms with Gasteiger partial charge in [0.1, 0.15) is 0 Å². The first-order chi connectivity index (χ1) is 11.7. The maximum absolute atomic E-state index is 12.7. The van der Waals surface area contributed by atoms with Gasteiger partial charge < -0.3 is 9.80 Å². The number of anilines is 1. The van der Waals surface area contributed by atoms with Crippen LogP contribution in [-0.2, 0) is 5.75 Å². The number of hydrogen-bond acceptors (Lipinski definition) is 3. The standard InChI is InChI=1S/C19H21ClN2OS/c1-24-14-15-6-8-16(9-7-15)19(23)22-12-10-21(11-13-22)18-5-3-2-4-17(18)20/h2-9H,10-14H2,1H3. The highest BCUT2D eigenvalue weighted by molar-refractivity contribution is 7.97. The minimum absolute atomic E-state index is 0.115. The molecule has 0 aliphatic carbocycles. The maximum atomic E-state index is 12.7. The molecule has 126 valence electrons. The molecule has 3 nitrogen and oxygen atoms in total. The van der Waals surface area contributed by atoms with Gasteiger partial charge in [-0.3, -0.25) is 4.79 Å². The lowest BCUT2D eigenvalue weighted by Crippen LogP contribution is -2.48. The van der Waals surface area contributed by atoms with Gasteiger partial charge in [0.25, 0.3) is 5.91 Å². The van der Waals surface area contributed by atoms with E-state index in [1.54, 1.807) is 11.8 Å². The molecule has 2 aromatic rings. The second-order valence-corrected chi connectivity index (χ2v) is 7.13. The molecule has 1 fully saturated rings. The van der Waals surface area contributed by atoms with E-state index in [0.29, 0.717) is 0 Å². The second-order valence-electron chi connectivity index (χ2n) is 5.86. The minimum atomic E-state index is 0.115. The van der Waals surface area contributed by atoms with E-state index in [-0.39, 0.29) is 5.91 Å². The Morgan fingerprint density at radius 3 is 2.33 bits per heavy atom. The predicted molar refractivity (Wildman–Crippen MR) is 103 cm³/mol. The number of benzene rings is 2. The fraction of sp³-hybridized carbons (Fsp3) is 0.316. The van der Waals surface area contributed by atoms with Gasteiger partial charge in [0.05, 0.1) is 10.7 Å². The van der Waals surface area contributed by atoms with E-state index >= 15 is 0 Å². The van der Waals surface area contributed by atoms with E-state index in [9.17, 15) is 4.79 Å². The van der Waals surface area contributed by atoms with Crippen LogP contribution in [0.1, 0.15) is 15.9 Å². The van der Waals surface area contributed by atoms with Crippen LogP contribution in [0.2, 0.25) is 5.02 Å². The van der Waals surface area contributed by atoms with Crippen molar-refractivity contribution in [3.8, 4) is 0 Å². The number of carbonyl (C=O) groups excluding carboxylic acids is 1. The normalized spacial score (nSPS) is 14.8. The highest BCUT2D eigenvalue weighted by atomic mass is 35.5. The van der Waals surface area contributed by atoms with Gasteiger partial charge in [-0.25, -0.2) is 0 Å². The second kappa shape index (κ2) is 7.95. The van der Waals surface area contributed by atoms with Crippen LogP contribution in [0.4, 0.5) is 5.69 Å². The lowest BCUT2D eigenvalue weighted by molar-refractivity contribution is 0.0747. The third kappa shape index (κ3) is 3.87. The highest BCUT2D eigenvalue weighted by Gasteiger charge is 2.23. The van der Waals surface area contributed by atoms with Gasteiger partial charge in [0.15, 0.2) is 0 Å². The van der Waals surface area contributed by atoms with Gasteiger partial charge in [0, 0.05) is 37.5 Å². The number of rotatable bonds is 4. The van der Waals surface area contributed by atoms with E-state index in [0.717, 1.165) is 48.2 Å². The van der Waals surface area contributed by atoms with E-state index in [4.69, 9.17) is 11.6 Å². The fourth-order valence-corrected chi connectivity index (χ4v) is 3.73. The van der Waals surface area contributed by atoms with Crippen LogP contribution in [0.25, 0.3) is 0 Å². The smallest absolute Gasteiger partial charge is 0.253 e. The first-order valence-corrected chi connectivity index (χ1v) is 9.83. The largest absolute Gasteiger partial charge is 0.367 e. The summed E-state index contributed by atoms with van der Waals surface area (Å²) in [6.45, 7) is 3.05. The molecule has 0 N–H and O–H groups in total. The summed E-state index contributed by atoms with van der Waals surface area (Å²) in [5.41, 5.74) is 3.07. The van der Waals surface area contributed by atoms with E-state index in [1.165, 1.54) is 5.56 Å². The van der Waals surface area contributed by atoms with Gasteiger partial charge in [-0.05, 0) is 36.1 Å². The van der Waals surface area contributed by atoms with Gasteiger partial charge >= 0.3 is 0 Å². The van der Waals surface area contributed by atoms with Gasteiger partial charge in [0.2, 0.25) is 0 Å². The van der Waals surface area contributed by atoms with Crippen LogP contribution in [0.15, 0.2) is 48.5 Å². The summed E-state index contributed by atoms with van der Waals surface area (Å²) in [6, 6.07) is 15.8. The zero-order valence-electron chi connectivity index (χ0n) is 13.7. The Labute approximate surface area is 152 Å². The Balaban J connectivity index is 1.62. The van der Waals surface area contributed by atoms with Gasteiger partial charge in [-0.2, -0.15) is 11.8 Å². The van der Waals surface area contributed by atoms with Crippen molar-refractivity contribution in [2.45, 2.75) is 5.75 Å². The lowest BCUT2D eigenvalue weighted by atomic mass is 10.1. The SMILES string of the molecule is CSCc1ccc(C(=O)N2CCN(c3ccccc3Cl)CC2)cc1. The summed E-state index contributed by atoms with van der Waals surface area (Å²) in [7, 11) is 0. The van der Waals surface area contributed by atoms with E-state index < -0.39 is 0 Å². The predicted octanol–water partition coefficient (Wildman–Crippen LogP) is 4.17. The Morgan fingerprint density at radius 2 is 1.71 bits per heavy atom. The van der Waals surface area contributed by atoms with Crippen molar-refractivity contribution >= 4 is 35.0 Å². The molecule has 1 amide bonds. The molecule has 0 aromatic heterocycles. The minimum Gasteiger partial charge on any atom is -0.367 e. The van der Waals surface area contributed by atoms with Crippen molar-refractivity contribution in [1.29, 1.82) is 0 Å². The van der Waals surface area contributed by atoms with Gasteiger partial charge in [-0.15, -0.1) is 0 Å². The molecule has 0 unspecified atom stereocenters. The number of piperazine rings is 1. The van der Waals surface area contributed by atoms with E-state index in [2.05, 4.69) is 11.2 Å². The monoisotopic (exact) mass is 360 g/mol. The number of amides is 1. The fourth-order valence-electron chi connectivity index (χ4n) is 2.95. The van der Waals surface area contributed by atoms with Gasteiger partial charge in [-0.1, -0.05) is 35.9 Å². The third-order valence-electron chi connectivity index (χ3n) is 4.27. The summed E-state index contributed by atoms with van der Waals surface area (Å²) in [5, 5.41) is 0.765. The number of halogens is 1. The first kappa shape index (κ1) is 17.2. The molecule has 1 aliphatic rings. The average Bonchev–Trinajstić information content (AvgIpc) is 2.63. The van der Waals surface area contributed by atoms with Crippen molar-refractivity contribution in [1.82, 2.24) is 4.90 Å². The summed E-state index contributed by atoms with van der Waals surface area (Å²) < 4.78 is 0. The number of nitrogens with zero attached hydrogens (tertiary/aromatic N) is 2. The summed E-state index contributed by atoms with van der Waals surface area (Å²) in [6.07, 6.45) is 2.08. The Kier molecular flexibility index (Phi) is 5.69. The number of thioether (sulfide) groups is 1. The maximum Gasteiger partial charge on any atom is 0.253 e. The molecular weight excluding hydrogens is 340 g/mol. The first-order valence-electron chi connectivity index (χ1n) is 8.05. The molecule has 0 bridgehead atoms. The topological polar surface area (TPSA) is 23.6 Å². The number of hydrogen-bond donors (Lipinski definition) is 0.